The van der Waals surface area contributed by atoms with Gasteiger partial charge in [-0.1, -0.05) is 6.07 Å². The Hall–Kier alpha value is -2.22. The van der Waals surface area contributed by atoms with Gasteiger partial charge in [-0.15, -0.1) is 11.3 Å². The van der Waals surface area contributed by atoms with Crippen LogP contribution in [0.4, 0.5) is 5.69 Å². The lowest BCUT2D eigenvalue weighted by Crippen LogP contribution is -2.41. The molecule has 4 rings (SSSR count). The number of hydrogen-bond acceptors (Lipinski definition) is 5. The van der Waals surface area contributed by atoms with E-state index in [2.05, 4.69) is 5.32 Å². The number of ether oxygens (including phenoxy) is 2. The van der Waals surface area contributed by atoms with Crippen LogP contribution in [0.5, 0.6) is 0 Å². The standard InChI is InChI=1S/C20H22N2O4S/c1-13-15(20(24)22-6-9-25-10-7-22)3-2-4-16(13)21-19(23)18-11-14-12-26-8-5-17(14)27-18/h2-4,11H,5-10,12H2,1H3,(H,21,23). The Morgan fingerprint density at radius 1 is 1.15 bits per heavy atom. The molecule has 0 saturated carbocycles. The van der Waals surface area contributed by atoms with Crippen LogP contribution in [0.15, 0.2) is 24.3 Å². The monoisotopic (exact) mass is 386 g/mol. The Labute approximate surface area is 162 Å². The van der Waals surface area contributed by atoms with Crippen molar-refractivity contribution in [2.24, 2.45) is 0 Å². The normalized spacial score (nSPS) is 16.7. The van der Waals surface area contributed by atoms with Crippen LogP contribution < -0.4 is 5.32 Å². The number of fused-ring (bicyclic) bond motifs is 1. The Morgan fingerprint density at radius 2 is 1.96 bits per heavy atom. The molecule has 1 aromatic carbocycles. The summed E-state index contributed by atoms with van der Waals surface area (Å²) in [7, 11) is 0. The third kappa shape index (κ3) is 3.76. The van der Waals surface area contributed by atoms with E-state index in [1.165, 1.54) is 16.2 Å². The van der Waals surface area contributed by atoms with Gasteiger partial charge in [0.15, 0.2) is 0 Å². The highest BCUT2D eigenvalue weighted by Crippen LogP contribution is 2.28. The Bertz CT molecular complexity index is 847. The van der Waals surface area contributed by atoms with Crippen LogP contribution in [0.3, 0.4) is 0 Å². The van der Waals surface area contributed by atoms with Gasteiger partial charge in [0.25, 0.3) is 11.8 Å². The smallest absolute Gasteiger partial charge is 0.265 e. The molecule has 2 aromatic rings. The van der Waals surface area contributed by atoms with Gasteiger partial charge < -0.3 is 19.7 Å². The number of carbonyl (C=O) groups is 2. The van der Waals surface area contributed by atoms with E-state index in [0.29, 0.717) is 55.6 Å². The van der Waals surface area contributed by atoms with Crippen LogP contribution in [0, 0.1) is 6.92 Å². The van der Waals surface area contributed by atoms with Gasteiger partial charge >= 0.3 is 0 Å². The fourth-order valence-corrected chi connectivity index (χ4v) is 4.43. The Kier molecular flexibility index (Phi) is 5.24. The van der Waals surface area contributed by atoms with Crippen LogP contribution >= 0.6 is 11.3 Å². The largest absolute Gasteiger partial charge is 0.378 e. The molecule has 2 amide bonds. The number of anilines is 1. The first-order valence-corrected chi connectivity index (χ1v) is 9.92. The molecular weight excluding hydrogens is 364 g/mol. The average molecular weight is 386 g/mol. The number of amides is 2. The molecule has 2 aliphatic rings. The molecule has 1 aromatic heterocycles. The lowest BCUT2D eigenvalue weighted by atomic mass is 10.0. The van der Waals surface area contributed by atoms with E-state index in [4.69, 9.17) is 9.47 Å². The van der Waals surface area contributed by atoms with Crippen molar-refractivity contribution >= 4 is 28.8 Å². The molecule has 3 heterocycles. The first kappa shape index (κ1) is 18.2. The Morgan fingerprint density at radius 3 is 2.74 bits per heavy atom. The predicted octanol–water partition coefficient (Wildman–Crippen LogP) is 2.85. The quantitative estimate of drug-likeness (QED) is 0.881. The zero-order chi connectivity index (χ0) is 18.8. The molecule has 1 fully saturated rings. The maximum Gasteiger partial charge on any atom is 0.265 e. The topological polar surface area (TPSA) is 67.9 Å². The highest BCUT2D eigenvalue weighted by molar-refractivity contribution is 7.14. The number of carbonyl (C=O) groups excluding carboxylic acids is 2. The van der Waals surface area contributed by atoms with Crippen LogP contribution in [0.25, 0.3) is 0 Å². The summed E-state index contributed by atoms with van der Waals surface area (Å²) in [4.78, 5) is 29.2. The molecule has 0 bridgehead atoms. The summed E-state index contributed by atoms with van der Waals surface area (Å²) in [6, 6.07) is 7.36. The molecule has 6 nitrogen and oxygen atoms in total. The van der Waals surface area contributed by atoms with E-state index < -0.39 is 0 Å². The van der Waals surface area contributed by atoms with Gasteiger partial charge in [0.1, 0.15) is 0 Å². The van der Waals surface area contributed by atoms with Gasteiger partial charge in [-0.25, -0.2) is 0 Å². The second-order valence-corrected chi connectivity index (χ2v) is 7.84. The Balaban J connectivity index is 1.53. The molecule has 142 valence electrons. The minimum Gasteiger partial charge on any atom is -0.378 e. The molecule has 1 N–H and O–H groups in total. The van der Waals surface area contributed by atoms with Crippen molar-refractivity contribution in [2.45, 2.75) is 20.0 Å². The summed E-state index contributed by atoms with van der Waals surface area (Å²) < 4.78 is 10.8. The first-order valence-electron chi connectivity index (χ1n) is 9.11. The number of rotatable bonds is 3. The van der Waals surface area contributed by atoms with Gasteiger partial charge in [-0.05, 0) is 36.2 Å². The van der Waals surface area contributed by atoms with E-state index >= 15 is 0 Å². The minimum absolute atomic E-state index is 0.0179. The average Bonchev–Trinajstić information content (AvgIpc) is 3.14. The minimum atomic E-state index is -0.145. The van der Waals surface area contributed by atoms with Gasteiger partial charge in [-0.2, -0.15) is 0 Å². The fraction of sp³-hybridized carbons (Fsp3) is 0.400. The molecule has 2 aliphatic heterocycles. The molecule has 0 spiro atoms. The van der Waals surface area contributed by atoms with E-state index in [1.807, 2.05) is 31.2 Å². The third-order valence-corrected chi connectivity index (χ3v) is 6.20. The molecule has 1 saturated heterocycles. The van der Waals surface area contributed by atoms with Crippen LogP contribution in [0.2, 0.25) is 0 Å². The van der Waals surface area contributed by atoms with Crippen LogP contribution in [-0.4, -0.2) is 49.6 Å². The molecule has 27 heavy (non-hydrogen) atoms. The van der Waals surface area contributed by atoms with Gasteiger partial charge in [0, 0.05) is 35.6 Å². The lowest BCUT2D eigenvalue weighted by Gasteiger charge is -2.27. The highest BCUT2D eigenvalue weighted by atomic mass is 32.1. The number of hydrogen-bond donors (Lipinski definition) is 1. The number of nitrogens with one attached hydrogen (secondary N) is 1. The van der Waals surface area contributed by atoms with Crippen molar-refractivity contribution in [1.29, 1.82) is 0 Å². The summed E-state index contributed by atoms with van der Waals surface area (Å²) >= 11 is 1.52. The van der Waals surface area contributed by atoms with Gasteiger partial charge in [0.2, 0.25) is 0 Å². The summed E-state index contributed by atoms with van der Waals surface area (Å²) in [6.07, 6.45) is 0.857. The van der Waals surface area contributed by atoms with Crippen LogP contribution in [-0.2, 0) is 22.5 Å². The predicted molar refractivity (Wildman–Crippen MR) is 104 cm³/mol. The molecule has 0 unspecified atom stereocenters. The second kappa shape index (κ2) is 7.80. The zero-order valence-corrected chi connectivity index (χ0v) is 16.1. The van der Waals surface area contributed by atoms with Gasteiger partial charge in [-0.3, -0.25) is 9.59 Å². The number of thiophene rings is 1. The fourth-order valence-electron chi connectivity index (χ4n) is 3.38. The van der Waals surface area contributed by atoms with Crippen LogP contribution in [0.1, 0.15) is 36.0 Å². The molecule has 7 heteroatoms. The SMILES string of the molecule is Cc1c(NC(=O)c2cc3c(s2)CCOC3)cccc1C(=O)N1CCOCC1. The van der Waals surface area contributed by atoms with Gasteiger partial charge in [0.05, 0.1) is 31.3 Å². The molecule has 0 atom stereocenters. The summed E-state index contributed by atoms with van der Waals surface area (Å²) in [6.45, 7) is 5.47. The first-order chi connectivity index (χ1) is 13.1. The van der Waals surface area contributed by atoms with Crippen molar-refractivity contribution < 1.29 is 19.1 Å². The zero-order valence-electron chi connectivity index (χ0n) is 15.2. The summed E-state index contributed by atoms with van der Waals surface area (Å²) in [5.74, 6) is -0.163. The number of nitrogens with zero attached hydrogens (tertiary/aromatic N) is 1. The van der Waals surface area contributed by atoms with E-state index in [0.717, 1.165) is 17.5 Å². The van der Waals surface area contributed by atoms with Crippen molar-refractivity contribution in [2.75, 3.05) is 38.2 Å². The maximum absolute atomic E-state index is 12.8. The summed E-state index contributed by atoms with van der Waals surface area (Å²) in [5.41, 5.74) is 3.17. The molecule has 0 radical (unpaired) electrons. The second-order valence-electron chi connectivity index (χ2n) is 6.70. The van der Waals surface area contributed by atoms with Crippen molar-refractivity contribution in [1.82, 2.24) is 4.90 Å². The van der Waals surface area contributed by atoms with Crippen molar-refractivity contribution in [3.8, 4) is 0 Å². The van der Waals surface area contributed by atoms with Crippen molar-refractivity contribution in [3.05, 3.63) is 50.7 Å². The molecule has 0 aliphatic carbocycles. The third-order valence-electron chi connectivity index (χ3n) is 4.96. The molecular formula is C20H22N2O4S. The summed E-state index contributed by atoms with van der Waals surface area (Å²) in [5, 5.41) is 2.97. The van der Waals surface area contributed by atoms with Crippen molar-refractivity contribution in [3.63, 3.8) is 0 Å². The maximum atomic E-state index is 12.8. The van der Waals surface area contributed by atoms with E-state index in [9.17, 15) is 9.59 Å². The lowest BCUT2D eigenvalue weighted by molar-refractivity contribution is 0.0302. The number of benzene rings is 1. The van der Waals surface area contributed by atoms with E-state index in [1.54, 1.807) is 4.90 Å². The highest BCUT2D eigenvalue weighted by Gasteiger charge is 2.22. The number of morpholine rings is 1. The van der Waals surface area contributed by atoms with E-state index in [-0.39, 0.29) is 11.8 Å².